The number of anilines is 1. The van der Waals surface area contributed by atoms with Gasteiger partial charge in [0, 0.05) is 41.6 Å². The third-order valence-electron chi connectivity index (χ3n) is 9.85. The van der Waals surface area contributed by atoms with Crippen LogP contribution in [0.25, 0.3) is 10.9 Å². The number of hydrogen-bond acceptors (Lipinski definition) is 3. The zero-order chi connectivity index (χ0) is 34.3. The zero-order valence-corrected chi connectivity index (χ0v) is 26.1. The Bertz CT molecular complexity index is 1780. The predicted octanol–water partition coefficient (Wildman–Crippen LogP) is 8.76. The fraction of sp³-hybridized carbons (Fsp3) is 0.333. The molecule has 3 aliphatic rings. The van der Waals surface area contributed by atoms with Crippen LogP contribution in [0.1, 0.15) is 41.1 Å². The molecule has 7 rings (SSSR count). The molecule has 0 radical (unpaired) electrons. The van der Waals surface area contributed by atoms with Gasteiger partial charge in [-0.2, -0.15) is 26.3 Å². The van der Waals surface area contributed by atoms with Gasteiger partial charge in [0.15, 0.2) is 0 Å². The van der Waals surface area contributed by atoms with Gasteiger partial charge in [-0.05, 0) is 53.9 Å². The van der Waals surface area contributed by atoms with Crippen molar-refractivity contribution < 1.29 is 40.4 Å². The van der Waals surface area contributed by atoms with Crippen molar-refractivity contribution in [2.45, 2.75) is 43.8 Å². The summed E-state index contributed by atoms with van der Waals surface area (Å²) in [5.74, 6) is 1.10. The lowest BCUT2D eigenvalue weighted by Crippen LogP contribution is -2.69. The predicted molar refractivity (Wildman–Crippen MR) is 170 cm³/mol. The second-order valence-corrected chi connectivity index (χ2v) is 12.7. The number of fused-ring (bicyclic) bond motifs is 4. The standard InChI is InChI=1S/C36H34F6N4O2/c1-3-23-21-46(20-22-7-5-4-6-8-22)14-12-24(23)15-32(46)33(29-11-13-43-31-10-9-28(48-2)19-30(29)31)45-34(47)44-27-17-25(35(37,38)39)16-26(18-27)36(40,41)42/h3-11,13,16-19,23-24,32-33H,1,12,14-15,20-21H2,2H3,(H-,44,45,47)/p+1/t23-,24-,32+,33+,46+/m0/s1. The number of piperidine rings is 3. The van der Waals surface area contributed by atoms with Gasteiger partial charge in [0.05, 0.1) is 36.8 Å². The maximum Gasteiger partial charge on any atom is 0.416 e. The highest BCUT2D eigenvalue weighted by Gasteiger charge is 2.54. The number of ether oxygens (including phenoxy) is 1. The van der Waals surface area contributed by atoms with Crippen LogP contribution in [-0.2, 0) is 18.9 Å². The van der Waals surface area contributed by atoms with Crippen molar-refractivity contribution in [3.63, 3.8) is 0 Å². The van der Waals surface area contributed by atoms with E-state index in [1.807, 2.05) is 30.3 Å². The number of urea groups is 1. The van der Waals surface area contributed by atoms with Crippen molar-refractivity contribution >= 4 is 22.6 Å². The second kappa shape index (κ2) is 12.8. The molecule has 252 valence electrons. The Morgan fingerprint density at radius 2 is 1.73 bits per heavy atom. The molecule has 3 saturated heterocycles. The number of alkyl halides is 6. The van der Waals surface area contributed by atoms with E-state index in [-0.39, 0.29) is 23.9 Å². The van der Waals surface area contributed by atoms with Crippen LogP contribution in [0.3, 0.4) is 0 Å². The number of carbonyl (C=O) groups excluding carboxylic acids is 1. The summed E-state index contributed by atoms with van der Waals surface area (Å²) in [5.41, 5.74) is -1.20. The SMILES string of the molecule is C=C[C@H]1C[N@+]2(Cc3ccccc3)CC[C@H]1C[C@@H]2[C@H](NC(=O)Nc1cc(C(F)(F)F)cc(C(F)(F)F)c1)c1ccnc2ccc(OC)cc12. The van der Waals surface area contributed by atoms with Gasteiger partial charge in [0.1, 0.15) is 24.4 Å². The van der Waals surface area contributed by atoms with Crippen molar-refractivity contribution in [2.75, 3.05) is 25.5 Å². The summed E-state index contributed by atoms with van der Waals surface area (Å²) in [7, 11) is 1.53. The highest BCUT2D eigenvalue weighted by molar-refractivity contribution is 5.91. The largest absolute Gasteiger partial charge is 0.497 e. The molecule has 2 N–H and O–H groups in total. The molecule has 0 spiro atoms. The molecule has 4 heterocycles. The Kier molecular flexibility index (Phi) is 8.88. The van der Waals surface area contributed by atoms with Crippen molar-refractivity contribution in [2.24, 2.45) is 11.8 Å². The fourth-order valence-electron chi connectivity index (χ4n) is 7.61. The van der Waals surface area contributed by atoms with E-state index in [0.29, 0.717) is 51.8 Å². The molecule has 0 aliphatic carbocycles. The number of rotatable bonds is 8. The fourth-order valence-corrected chi connectivity index (χ4v) is 7.61. The molecule has 0 saturated carbocycles. The number of halogens is 6. The number of aromatic nitrogens is 1. The molecule has 12 heteroatoms. The van der Waals surface area contributed by atoms with Crippen LogP contribution in [0, 0.1) is 11.8 Å². The van der Waals surface area contributed by atoms with E-state index in [9.17, 15) is 31.1 Å². The third-order valence-corrected chi connectivity index (χ3v) is 9.85. The Labute approximate surface area is 274 Å². The minimum atomic E-state index is -5.06. The van der Waals surface area contributed by atoms with Crippen LogP contribution in [0.4, 0.5) is 36.8 Å². The Morgan fingerprint density at radius 3 is 2.38 bits per heavy atom. The first-order valence-electron chi connectivity index (χ1n) is 15.6. The molecule has 4 aromatic rings. The number of nitrogens with zero attached hydrogens (tertiary/aromatic N) is 2. The van der Waals surface area contributed by atoms with Crippen LogP contribution in [0.15, 0.2) is 91.6 Å². The molecule has 0 unspecified atom stereocenters. The lowest BCUT2D eigenvalue weighted by Gasteiger charge is -2.58. The molecule has 3 aliphatic heterocycles. The quantitative estimate of drug-likeness (QED) is 0.112. The minimum Gasteiger partial charge on any atom is -0.497 e. The number of carbonyl (C=O) groups is 1. The Morgan fingerprint density at radius 1 is 1.02 bits per heavy atom. The molecule has 2 amide bonds. The van der Waals surface area contributed by atoms with Gasteiger partial charge < -0.3 is 19.9 Å². The maximum atomic E-state index is 13.8. The topological polar surface area (TPSA) is 63.2 Å². The van der Waals surface area contributed by atoms with Crippen LogP contribution >= 0.6 is 0 Å². The van der Waals surface area contributed by atoms with Gasteiger partial charge in [-0.1, -0.05) is 36.4 Å². The van der Waals surface area contributed by atoms with Gasteiger partial charge in [-0.25, -0.2) is 4.79 Å². The van der Waals surface area contributed by atoms with Crippen LogP contribution in [0.2, 0.25) is 0 Å². The van der Waals surface area contributed by atoms with Gasteiger partial charge in [0.2, 0.25) is 0 Å². The number of hydrogen-bond donors (Lipinski definition) is 2. The molecule has 6 nitrogen and oxygen atoms in total. The molecular weight excluding hydrogens is 634 g/mol. The maximum absolute atomic E-state index is 13.8. The van der Waals surface area contributed by atoms with Gasteiger partial charge in [-0.15, -0.1) is 6.58 Å². The van der Waals surface area contributed by atoms with Crippen LogP contribution < -0.4 is 15.4 Å². The van der Waals surface area contributed by atoms with Crippen LogP contribution in [0.5, 0.6) is 5.75 Å². The van der Waals surface area contributed by atoms with Gasteiger partial charge >= 0.3 is 18.4 Å². The van der Waals surface area contributed by atoms with E-state index in [2.05, 4.69) is 34.3 Å². The summed E-state index contributed by atoms with van der Waals surface area (Å²) in [6.07, 6.45) is -4.83. The van der Waals surface area contributed by atoms with Crippen molar-refractivity contribution in [3.8, 4) is 5.75 Å². The Balaban J connectivity index is 1.44. The smallest absolute Gasteiger partial charge is 0.416 e. The Hall–Kier alpha value is -4.58. The molecule has 2 bridgehead atoms. The molecule has 5 atom stereocenters. The van der Waals surface area contributed by atoms with E-state index in [0.717, 1.165) is 25.1 Å². The highest BCUT2D eigenvalue weighted by atomic mass is 19.4. The third kappa shape index (κ3) is 6.71. The van der Waals surface area contributed by atoms with Gasteiger partial charge in [-0.3, -0.25) is 4.98 Å². The number of quaternary nitrogens is 1. The number of methoxy groups -OCH3 is 1. The summed E-state index contributed by atoms with van der Waals surface area (Å²) in [5, 5.41) is 6.00. The molecule has 3 aromatic carbocycles. The van der Waals surface area contributed by atoms with Crippen LogP contribution in [-0.4, -0.2) is 41.7 Å². The lowest BCUT2D eigenvalue weighted by molar-refractivity contribution is -0.983. The summed E-state index contributed by atoms with van der Waals surface area (Å²) in [6.45, 7) is 6.35. The van der Waals surface area contributed by atoms with Gasteiger partial charge in [0.25, 0.3) is 0 Å². The second-order valence-electron chi connectivity index (χ2n) is 12.7. The van der Waals surface area contributed by atoms with Crippen molar-refractivity contribution in [1.82, 2.24) is 10.3 Å². The number of nitrogens with one attached hydrogen (secondary N) is 2. The summed E-state index contributed by atoms with van der Waals surface area (Å²) < 4.78 is 87.7. The number of pyridine rings is 1. The first-order valence-corrected chi connectivity index (χ1v) is 15.6. The molecule has 1 aromatic heterocycles. The average Bonchev–Trinajstić information content (AvgIpc) is 3.06. The first kappa shape index (κ1) is 33.3. The number of amides is 2. The molecule has 48 heavy (non-hydrogen) atoms. The highest BCUT2D eigenvalue weighted by Crippen LogP contribution is 2.48. The van der Waals surface area contributed by atoms with Crippen molar-refractivity contribution in [3.05, 3.63) is 114 Å². The number of benzene rings is 3. The summed E-state index contributed by atoms with van der Waals surface area (Å²) >= 11 is 0. The van der Waals surface area contributed by atoms with E-state index in [1.165, 1.54) is 7.11 Å². The van der Waals surface area contributed by atoms with E-state index < -0.39 is 41.2 Å². The zero-order valence-electron chi connectivity index (χ0n) is 26.1. The van der Waals surface area contributed by atoms with E-state index >= 15 is 0 Å². The first-order chi connectivity index (χ1) is 22.8. The molecular formula is C36H35F6N4O2+. The average molecular weight is 670 g/mol. The summed E-state index contributed by atoms with van der Waals surface area (Å²) in [6, 6.07) is 16.4. The normalized spacial score (nSPS) is 23.0. The van der Waals surface area contributed by atoms with E-state index in [1.54, 1.807) is 24.4 Å². The molecule has 3 fully saturated rings. The summed E-state index contributed by atoms with van der Waals surface area (Å²) in [4.78, 5) is 18.3. The van der Waals surface area contributed by atoms with E-state index in [4.69, 9.17) is 4.74 Å². The monoisotopic (exact) mass is 669 g/mol. The minimum absolute atomic E-state index is 0.0297. The van der Waals surface area contributed by atoms with Crippen molar-refractivity contribution in [1.29, 1.82) is 0 Å². The lowest BCUT2D eigenvalue weighted by atomic mass is 9.70.